The lowest BCUT2D eigenvalue weighted by Gasteiger charge is -2.41. The van der Waals surface area contributed by atoms with E-state index in [9.17, 15) is 9.32 Å². The van der Waals surface area contributed by atoms with E-state index < -0.39 is 11.0 Å². The summed E-state index contributed by atoms with van der Waals surface area (Å²) in [6.45, 7) is 8.08. The van der Waals surface area contributed by atoms with Gasteiger partial charge in [0.15, 0.2) is 0 Å². The molecule has 0 saturated carbocycles. The number of anilines is 1. The molecule has 3 atom stereocenters. The van der Waals surface area contributed by atoms with E-state index in [2.05, 4.69) is 28.8 Å². The highest BCUT2D eigenvalue weighted by molar-refractivity contribution is 7.82. The van der Waals surface area contributed by atoms with Crippen molar-refractivity contribution in [3.63, 3.8) is 0 Å². The summed E-state index contributed by atoms with van der Waals surface area (Å²) in [4.78, 5) is 3.07. The second-order valence-electron chi connectivity index (χ2n) is 7.94. The van der Waals surface area contributed by atoms with Crippen molar-refractivity contribution in [1.82, 2.24) is 4.31 Å². The summed E-state index contributed by atoms with van der Waals surface area (Å²) in [6.07, 6.45) is 2.68. The van der Waals surface area contributed by atoms with E-state index in [1.165, 1.54) is 5.56 Å². The molecule has 2 aliphatic rings. The summed E-state index contributed by atoms with van der Waals surface area (Å²) in [5.41, 5.74) is 3.32. The van der Waals surface area contributed by atoms with Crippen LogP contribution in [0, 0.1) is 0 Å². The molecule has 30 heavy (non-hydrogen) atoms. The number of aryl methyl sites for hydroxylation is 1. The molecule has 4 rings (SSSR count). The molecule has 160 valence electrons. The summed E-state index contributed by atoms with van der Waals surface area (Å²) in [5.74, 6) is 0.142. The third kappa shape index (κ3) is 4.13. The molecule has 0 bridgehead atoms. The van der Waals surface area contributed by atoms with Gasteiger partial charge in [0.05, 0.1) is 20.7 Å². The molecule has 1 heterocycles. The maximum atomic E-state index is 13.5. The van der Waals surface area contributed by atoms with Crippen LogP contribution in [0.1, 0.15) is 36.8 Å². The summed E-state index contributed by atoms with van der Waals surface area (Å²) in [6, 6.07) is 11.9. The van der Waals surface area contributed by atoms with E-state index in [0.29, 0.717) is 16.6 Å². The predicted molar refractivity (Wildman–Crippen MR) is 125 cm³/mol. The van der Waals surface area contributed by atoms with E-state index >= 15 is 0 Å². The van der Waals surface area contributed by atoms with Crippen molar-refractivity contribution in [1.29, 1.82) is 0 Å². The van der Waals surface area contributed by atoms with Gasteiger partial charge in [-0.2, -0.15) is 0 Å². The van der Waals surface area contributed by atoms with Gasteiger partial charge in [-0.1, -0.05) is 42.8 Å². The second-order valence-corrected chi connectivity index (χ2v) is 10.2. The molecule has 0 aromatic heterocycles. The van der Waals surface area contributed by atoms with Crippen molar-refractivity contribution in [3.05, 3.63) is 69.9 Å². The zero-order valence-electron chi connectivity index (χ0n) is 17.0. The molecule has 2 aromatic rings. The number of nitrogens with zero attached hydrogens (tertiary/aromatic N) is 2. The maximum Gasteiger partial charge on any atom is 0.128 e. The number of hydrogen-bond donors (Lipinski definition) is 1. The van der Waals surface area contributed by atoms with Gasteiger partial charge in [-0.25, -0.2) is 8.51 Å². The highest BCUT2D eigenvalue weighted by Gasteiger charge is 2.32. The number of benzene rings is 2. The monoisotopic (exact) mass is 464 g/mol. The number of hydrogen-bond acceptors (Lipinski definition) is 3. The van der Waals surface area contributed by atoms with Crippen LogP contribution in [0.4, 0.5) is 5.69 Å². The Bertz CT molecular complexity index is 997. The van der Waals surface area contributed by atoms with E-state index in [4.69, 9.17) is 23.2 Å². The molecule has 7 heteroatoms. The molecule has 1 N–H and O–H groups in total. The molecule has 0 spiro atoms. The average Bonchev–Trinajstić information content (AvgIpc) is 3.18. The van der Waals surface area contributed by atoms with Crippen LogP contribution in [0.5, 0.6) is 0 Å². The minimum Gasteiger partial charge on any atom is -0.512 e. The molecule has 3 unspecified atom stereocenters. The molecule has 1 aliphatic heterocycles. The summed E-state index contributed by atoms with van der Waals surface area (Å²) < 4.78 is 15.6. The largest absolute Gasteiger partial charge is 0.512 e. The molecule has 1 saturated heterocycles. The fourth-order valence-corrected chi connectivity index (χ4v) is 6.19. The zero-order valence-corrected chi connectivity index (χ0v) is 19.3. The second kappa shape index (κ2) is 8.91. The van der Waals surface area contributed by atoms with Crippen molar-refractivity contribution in [3.8, 4) is 0 Å². The lowest BCUT2D eigenvalue weighted by Crippen LogP contribution is -2.53. The zero-order chi connectivity index (χ0) is 21.4. The molecule has 2 aromatic carbocycles. The van der Waals surface area contributed by atoms with Crippen LogP contribution in [0.15, 0.2) is 53.6 Å². The Hall–Kier alpha value is -1.53. The first-order valence-corrected chi connectivity index (χ1v) is 12.1. The lowest BCUT2D eigenvalue weighted by molar-refractivity contribution is 0.297. The number of fused-ring (bicyclic) bond motifs is 1. The summed E-state index contributed by atoms with van der Waals surface area (Å²) in [5, 5.41) is 11.0. The SMILES string of the molecule is C=C(O)C1CCc2ccc(S(=O)N3CCN(c4ccc(Cl)c(Cl)c4)CC3CC)cc21. The Morgan fingerprint density at radius 2 is 2.00 bits per heavy atom. The van der Waals surface area contributed by atoms with Crippen molar-refractivity contribution in [2.45, 2.75) is 43.0 Å². The number of aliphatic hydroxyl groups is 1. The summed E-state index contributed by atoms with van der Waals surface area (Å²) >= 11 is 12.3. The van der Waals surface area contributed by atoms with E-state index in [-0.39, 0.29) is 17.7 Å². The van der Waals surface area contributed by atoms with Gasteiger partial charge in [0.25, 0.3) is 0 Å². The fourth-order valence-electron chi connectivity index (χ4n) is 4.48. The van der Waals surface area contributed by atoms with E-state index in [1.54, 1.807) is 0 Å². The third-order valence-electron chi connectivity index (χ3n) is 6.18. The number of aliphatic hydroxyl groups excluding tert-OH is 1. The van der Waals surface area contributed by atoms with Crippen LogP contribution in [0.3, 0.4) is 0 Å². The van der Waals surface area contributed by atoms with Gasteiger partial charge in [0, 0.05) is 37.3 Å². The number of halogens is 2. The Morgan fingerprint density at radius 1 is 1.20 bits per heavy atom. The number of allylic oxidation sites excluding steroid dienone is 1. The van der Waals surface area contributed by atoms with Crippen molar-refractivity contribution in [2.75, 3.05) is 24.5 Å². The number of piperazine rings is 1. The topological polar surface area (TPSA) is 43.8 Å². The first-order chi connectivity index (χ1) is 14.4. The van der Waals surface area contributed by atoms with E-state index in [0.717, 1.165) is 48.5 Å². The van der Waals surface area contributed by atoms with Crippen LogP contribution in [0.25, 0.3) is 0 Å². The molecular formula is C23H26Cl2N2O2S. The van der Waals surface area contributed by atoms with Crippen molar-refractivity contribution < 1.29 is 9.32 Å². The highest BCUT2D eigenvalue weighted by atomic mass is 35.5. The predicted octanol–water partition coefficient (Wildman–Crippen LogP) is 5.72. The van der Waals surface area contributed by atoms with Crippen molar-refractivity contribution in [2.24, 2.45) is 0 Å². The summed E-state index contributed by atoms with van der Waals surface area (Å²) in [7, 11) is -1.25. The van der Waals surface area contributed by atoms with Crippen LogP contribution in [0.2, 0.25) is 10.0 Å². The molecule has 0 amide bonds. The van der Waals surface area contributed by atoms with Gasteiger partial charge >= 0.3 is 0 Å². The van der Waals surface area contributed by atoms with Crippen LogP contribution in [-0.4, -0.2) is 39.3 Å². The Kier molecular flexibility index (Phi) is 6.44. The first-order valence-electron chi connectivity index (χ1n) is 10.3. The Balaban J connectivity index is 1.53. The molecular weight excluding hydrogens is 439 g/mol. The van der Waals surface area contributed by atoms with Gasteiger partial charge in [-0.15, -0.1) is 0 Å². The minimum atomic E-state index is -1.25. The van der Waals surface area contributed by atoms with Crippen LogP contribution >= 0.6 is 23.2 Å². The van der Waals surface area contributed by atoms with Gasteiger partial charge in [0.1, 0.15) is 11.0 Å². The maximum absolute atomic E-state index is 13.5. The van der Waals surface area contributed by atoms with Gasteiger partial charge in [-0.05, 0) is 60.7 Å². The minimum absolute atomic E-state index is 0.0505. The first kappa shape index (κ1) is 21.7. The quantitative estimate of drug-likeness (QED) is 0.575. The number of rotatable bonds is 5. The highest BCUT2D eigenvalue weighted by Crippen LogP contribution is 2.38. The normalized spacial score (nSPS) is 22.7. The van der Waals surface area contributed by atoms with Crippen LogP contribution in [-0.2, 0) is 17.4 Å². The Labute approximate surface area is 190 Å². The van der Waals surface area contributed by atoms with Crippen molar-refractivity contribution >= 4 is 39.9 Å². The third-order valence-corrected chi connectivity index (χ3v) is 8.48. The van der Waals surface area contributed by atoms with Crippen LogP contribution < -0.4 is 4.90 Å². The molecule has 4 nitrogen and oxygen atoms in total. The molecule has 0 radical (unpaired) electrons. The molecule has 1 fully saturated rings. The fraction of sp³-hybridized carbons (Fsp3) is 0.391. The average molecular weight is 465 g/mol. The van der Waals surface area contributed by atoms with E-state index in [1.807, 2.05) is 30.3 Å². The van der Waals surface area contributed by atoms with Gasteiger partial charge < -0.3 is 10.0 Å². The van der Waals surface area contributed by atoms with Gasteiger partial charge in [0.2, 0.25) is 0 Å². The smallest absolute Gasteiger partial charge is 0.128 e. The lowest BCUT2D eigenvalue weighted by atomic mass is 10.0. The Morgan fingerprint density at radius 3 is 2.70 bits per heavy atom. The standard InChI is InChI=1S/C23H26Cl2N2O2S/c1-3-17-14-26(18-6-9-22(24)23(25)12-18)10-11-27(17)30(29)19-7-4-16-5-8-20(15(2)28)21(16)13-19/h4,6-7,9,12-13,17,20,28H,2-3,5,8,10-11,14H2,1H3. The van der Waals surface area contributed by atoms with Gasteiger partial charge in [-0.3, -0.25) is 0 Å². The molecule has 1 aliphatic carbocycles.